The van der Waals surface area contributed by atoms with Gasteiger partial charge in [0.25, 0.3) is 0 Å². The van der Waals surface area contributed by atoms with E-state index in [0.717, 1.165) is 27.0 Å². The van der Waals surface area contributed by atoms with Crippen LogP contribution < -0.4 is 4.74 Å². The Morgan fingerprint density at radius 1 is 1.38 bits per heavy atom. The van der Waals surface area contributed by atoms with Crippen molar-refractivity contribution < 1.29 is 4.74 Å². The van der Waals surface area contributed by atoms with Gasteiger partial charge in [-0.05, 0) is 34.5 Å². The third-order valence-corrected chi connectivity index (χ3v) is 3.04. The fourth-order valence-electron chi connectivity index (χ4n) is 1.75. The van der Waals surface area contributed by atoms with Gasteiger partial charge in [-0.1, -0.05) is 12.1 Å². The van der Waals surface area contributed by atoms with Crippen molar-refractivity contribution in [1.82, 2.24) is 9.78 Å². The highest BCUT2D eigenvalue weighted by atomic mass is 79.9. The average molecular weight is 281 g/mol. The maximum atomic E-state index is 5.42. The molecule has 0 unspecified atom stereocenters. The molecule has 0 N–H and O–H groups in total. The molecular weight excluding hydrogens is 268 g/mol. The lowest BCUT2D eigenvalue weighted by atomic mass is 10.1. The van der Waals surface area contributed by atoms with Crippen LogP contribution in [0.15, 0.2) is 28.9 Å². The van der Waals surface area contributed by atoms with Crippen LogP contribution in [0.1, 0.15) is 5.56 Å². The Labute approximate surface area is 103 Å². The molecule has 0 aliphatic heterocycles. The first kappa shape index (κ1) is 11.2. The van der Waals surface area contributed by atoms with Gasteiger partial charge in [0.1, 0.15) is 11.4 Å². The maximum absolute atomic E-state index is 5.42. The summed E-state index contributed by atoms with van der Waals surface area (Å²) in [6.07, 6.45) is 1.93. The maximum Gasteiger partial charge on any atom is 0.131 e. The third kappa shape index (κ3) is 1.85. The molecule has 0 atom stereocenters. The number of halogens is 1. The quantitative estimate of drug-likeness (QED) is 0.845. The molecule has 1 heterocycles. The zero-order valence-electron chi connectivity index (χ0n) is 9.49. The predicted octanol–water partition coefficient (Wildman–Crippen LogP) is 3.17. The Morgan fingerprint density at radius 2 is 2.12 bits per heavy atom. The molecule has 1 aromatic carbocycles. The number of aryl methyl sites for hydroxylation is 2. The zero-order valence-corrected chi connectivity index (χ0v) is 11.1. The number of aromatic nitrogens is 2. The summed E-state index contributed by atoms with van der Waals surface area (Å²) in [5, 5.41) is 4.42. The smallest absolute Gasteiger partial charge is 0.131 e. The van der Waals surface area contributed by atoms with E-state index in [9.17, 15) is 0 Å². The monoisotopic (exact) mass is 280 g/mol. The molecule has 84 valence electrons. The van der Waals surface area contributed by atoms with Crippen molar-refractivity contribution in [1.29, 1.82) is 0 Å². The summed E-state index contributed by atoms with van der Waals surface area (Å²) in [7, 11) is 3.58. The second-order valence-corrected chi connectivity index (χ2v) is 4.51. The van der Waals surface area contributed by atoms with Gasteiger partial charge in [0.05, 0.1) is 11.6 Å². The predicted molar refractivity (Wildman–Crippen MR) is 67.6 cm³/mol. The molecule has 0 aliphatic rings. The fraction of sp³-hybridized carbons (Fsp3) is 0.250. The van der Waals surface area contributed by atoms with Gasteiger partial charge in [-0.2, -0.15) is 5.10 Å². The topological polar surface area (TPSA) is 27.1 Å². The Hall–Kier alpha value is -1.29. The van der Waals surface area contributed by atoms with Gasteiger partial charge in [0, 0.05) is 18.8 Å². The zero-order chi connectivity index (χ0) is 11.7. The van der Waals surface area contributed by atoms with Gasteiger partial charge < -0.3 is 4.74 Å². The summed E-state index contributed by atoms with van der Waals surface area (Å²) in [4.78, 5) is 0. The molecule has 1 aromatic heterocycles. The number of ether oxygens (including phenoxy) is 1. The van der Waals surface area contributed by atoms with Crippen LogP contribution in [0.3, 0.4) is 0 Å². The minimum Gasteiger partial charge on any atom is -0.496 e. The molecule has 0 spiro atoms. The molecule has 4 heteroatoms. The Morgan fingerprint density at radius 3 is 2.69 bits per heavy atom. The van der Waals surface area contributed by atoms with Crippen molar-refractivity contribution in [3.63, 3.8) is 0 Å². The van der Waals surface area contributed by atoms with E-state index < -0.39 is 0 Å². The molecule has 3 nitrogen and oxygen atoms in total. The van der Waals surface area contributed by atoms with Crippen LogP contribution in [0.5, 0.6) is 5.75 Å². The van der Waals surface area contributed by atoms with E-state index in [2.05, 4.69) is 21.0 Å². The molecule has 16 heavy (non-hydrogen) atoms. The molecule has 0 amide bonds. The standard InChI is InChI=1S/C12H13BrN2O/c1-8-5-4-6-9(12(8)16-3)11-10(13)7-15(2)14-11/h4-7H,1-3H3. The van der Waals surface area contributed by atoms with E-state index >= 15 is 0 Å². The lowest BCUT2D eigenvalue weighted by Crippen LogP contribution is -1.93. The summed E-state index contributed by atoms with van der Waals surface area (Å²) < 4.78 is 8.17. The average Bonchev–Trinajstić information content (AvgIpc) is 2.57. The fourth-order valence-corrected chi connectivity index (χ4v) is 2.34. The first-order valence-electron chi connectivity index (χ1n) is 4.96. The van der Waals surface area contributed by atoms with Gasteiger partial charge in [-0.3, -0.25) is 4.68 Å². The van der Waals surface area contributed by atoms with Gasteiger partial charge in [-0.15, -0.1) is 0 Å². The van der Waals surface area contributed by atoms with Gasteiger partial charge >= 0.3 is 0 Å². The molecule has 0 aliphatic carbocycles. The van der Waals surface area contributed by atoms with E-state index in [4.69, 9.17) is 4.74 Å². The minimum absolute atomic E-state index is 0.877. The highest BCUT2D eigenvalue weighted by Gasteiger charge is 2.13. The highest BCUT2D eigenvalue weighted by Crippen LogP contribution is 2.35. The van der Waals surface area contributed by atoms with Crippen LogP contribution >= 0.6 is 15.9 Å². The van der Waals surface area contributed by atoms with Crippen molar-refractivity contribution in [3.05, 3.63) is 34.4 Å². The number of nitrogens with zero attached hydrogens (tertiary/aromatic N) is 2. The molecular formula is C12H13BrN2O. The summed E-state index contributed by atoms with van der Waals surface area (Å²) >= 11 is 3.50. The van der Waals surface area contributed by atoms with Crippen molar-refractivity contribution in [3.8, 4) is 17.0 Å². The van der Waals surface area contributed by atoms with Crippen LogP contribution in [0, 0.1) is 6.92 Å². The molecule has 2 aromatic rings. The number of para-hydroxylation sites is 1. The Kier molecular flexibility index (Phi) is 3.01. The van der Waals surface area contributed by atoms with E-state index in [-0.39, 0.29) is 0 Å². The van der Waals surface area contributed by atoms with Crippen molar-refractivity contribution in [2.45, 2.75) is 6.92 Å². The van der Waals surface area contributed by atoms with E-state index in [1.54, 1.807) is 11.8 Å². The first-order valence-corrected chi connectivity index (χ1v) is 5.76. The summed E-state index contributed by atoms with van der Waals surface area (Å²) in [5.74, 6) is 0.877. The van der Waals surface area contributed by atoms with E-state index in [0.29, 0.717) is 0 Å². The number of rotatable bonds is 2. The van der Waals surface area contributed by atoms with E-state index in [1.807, 2.05) is 38.4 Å². The molecule has 0 saturated carbocycles. The highest BCUT2D eigenvalue weighted by molar-refractivity contribution is 9.10. The number of hydrogen-bond acceptors (Lipinski definition) is 2. The second-order valence-electron chi connectivity index (χ2n) is 3.66. The van der Waals surface area contributed by atoms with Gasteiger partial charge in [0.2, 0.25) is 0 Å². The molecule has 0 saturated heterocycles. The van der Waals surface area contributed by atoms with Crippen LogP contribution in [-0.2, 0) is 7.05 Å². The van der Waals surface area contributed by atoms with Crippen LogP contribution in [-0.4, -0.2) is 16.9 Å². The summed E-state index contributed by atoms with van der Waals surface area (Å²) in [5.41, 5.74) is 3.02. The largest absolute Gasteiger partial charge is 0.496 e. The number of hydrogen-bond donors (Lipinski definition) is 0. The van der Waals surface area contributed by atoms with Gasteiger partial charge in [0.15, 0.2) is 0 Å². The van der Waals surface area contributed by atoms with Crippen molar-refractivity contribution >= 4 is 15.9 Å². The van der Waals surface area contributed by atoms with E-state index in [1.165, 1.54) is 0 Å². The normalized spacial score (nSPS) is 10.5. The molecule has 0 bridgehead atoms. The lowest BCUT2D eigenvalue weighted by molar-refractivity contribution is 0.413. The first-order chi connectivity index (χ1) is 7.63. The number of methoxy groups -OCH3 is 1. The summed E-state index contributed by atoms with van der Waals surface area (Å²) in [6, 6.07) is 6.05. The number of benzene rings is 1. The molecule has 0 radical (unpaired) electrons. The SMILES string of the molecule is COc1c(C)cccc1-c1nn(C)cc1Br. The van der Waals surface area contributed by atoms with Gasteiger partial charge in [-0.25, -0.2) is 0 Å². The second kappa shape index (κ2) is 4.29. The third-order valence-electron chi connectivity index (χ3n) is 2.46. The molecule has 2 rings (SSSR count). The summed E-state index contributed by atoms with van der Waals surface area (Å²) in [6.45, 7) is 2.03. The van der Waals surface area contributed by atoms with Crippen LogP contribution in [0.25, 0.3) is 11.3 Å². The van der Waals surface area contributed by atoms with Crippen LogP contribution in [0.4, 0.5) is 0 Å². The Balaban J connectivity index is 2.64. The molecule has 0 fully saturated rings. The van der Waals surface area contributed by atoms with Crippen molar-refractivity contribution in [2.24, 2.45) is 7.05 Å². The van der Waals surface area contributed by atoms with Crippen LogP contribution in [0.2, 0.25) is 0 Å². The van der Waals surface area contributed by atoms with Crippen molar-refractivity contribution in [2.75, 3.05) is 7.11 Å². The Bertz CT molecular complexity index is 520. The minimum atomic E-state index is 0.877. The lowest BCUT2D eigenvalue weighted by Gasteiger charge is -2.09.